The minimum absolute atomic E-state index is 0.614. The van der Waals surface area contributed by atoms with Gasteiger partial charge in [0.25, 0.3) is 0 Å². The lowest BCUT2D eigenvalue weighted by molar-refractivity contribution is 0.647. The van der Waals surface area contributed by atoms with E-state index in [-0.39, 0.29) is 0 Å². The summed E-state index contributed by atoms with van der Waals surface area (Å²) in [6, 6.07) is 22.7. The molecular weight excluding hydrogens is 432 g/mol. The van der Waals surface area contributed by atoms with Crippen LogP contribution in [0.1, 0.15) is 6.92 Å². The topological polar surface area (TPSA) is 61.5 Å². The van der Waals surface area contributed by atoms with Crippen molar-refractivity contribution in [3.63, 3.8) is 0 Å². The number of halogens is 1. The van der Waals surface area contributed by atoms with Crippen LogP contribution in [-0.4, -0.2) is 42.7 Å². The molecule has 168 valence electrons. The number of nitrogen functional groups attached to an aromatic ring is 1. The van der Waals surface area contributed by atoms with E-state index < -0.39 is 0 Å². The first-order chi connectivity index (χ1) is 16.2. The van der Waals surface area contributed by atoms with E-state index in [1.807, 2.05) is 18.2 Å². The van der Waals surface area contributed by atoms with Crippen LogP contribution >= 0.6 is 11.6 Å². The maximum absolute atomic E-state index is 6.70. The Kier molecular flexibility index (Phi) is 5.92. The van der Waals surface area contributed by atoms with Gasteiger partial charge in [0.05, 0.1) is 5.69 Å². The smallest absolute Gasteiger partial charge is 0.161 e. The highest BCUT2D eigenvalue weighted by molar-refractivity contribution is 6.30. The number of fused-ring (bicyclic) bond motifs is 1. The summed E-state index contributed by atoms with van der Waals surface area (Å²) in [5, 5.41) is 3.13. The normalized spacial score (nSPS) is 14.0. The molecule has 0 amide bonds. The van der Waals surface area contributed by atoms with Crippen molar-refractivity contribution in [3.8, 4) is 0 Å². The van der Waals surface area contributed by atoms with E-state index in [1.54, 1.807) is 6.33 Å². The number of rotatable bonds is 5. The summed E-state index contributed by atoms with van der Waals surface area (Å²) >= 11 is 6.18. The Hall–Kier alpha value is -3.51. The minimum Gasteiger partial charge on any atom is -0.393 e. The second-order valence-electron chi connectivity index (χ2n) is 8.13. The van der Waals surface area contributed by atoms with Gasteiger partial charge in [-0.3, -0.25) is 0 Å². The van der Waals surface area contributed by atoms with Crippen molar-refractivity contribution in [2.75, 3.05) is 53.2 Å². The zero-order chi connectivity index (χ0) is 22.8. The third kappa shape index (κ3) is 4.14. The van der Waals surface area contributed by atoms with Gasteiger partial charge in [0, 0.05) is 48.8 Å². The second kappa shape index (κ2) is 9.16. The number of nitrogens with zero attached hydrogens (tertiary/aromatic N) is 5. The first-order valence-electron chi connectivity index (χ1n) is 11.3. The minimum atomic E-state index is 0.614. The van der Waals surface area contributed by atoms with E-state index in [4.69, 9.17) is 17.3 Å². The molecule has 0 spiro atoms. The van der Waals surface area contributed by atoms with Crippen LogP contribution in [0.3, 0.4) is 0 Å². The van der Waals surface area contributed by atoms with E-state index >= 15 is 0 Å². The molecule has 0 unspecified atom stereocenters. The van der Waals surface area contributed by atoms with Crippen molar-refractivity contribution in [3.05, 3.63) is 78.1 Å². The van der Waals surface area contributed by atoms with Crippen LogP contribution in [0, 0.1) is 0 Å². The van der Waals surface area contributed by atoms with Crippen LogP contribution in [0.15, 0.2) is 73.1 Å². The SMILES string of the molecule is CCN(c1ncnc(N2CCN(c3cccc(Cl)c3)CC2)c1N)c1cccc2ccccc12. The molecule has 5 rings (SSSR count). The fourth-order valence-electron chi connectivity index (χ4n) is 4.57. The highest BCUT2D eigenvalue weighted by Gasteiger charge is 2.24. The fraction of sp³-hybridized carbons (Fsp3) is 0.231. The average molecular weight is 459 g/mol. The second-order valence-corrected chi connectivity index (χ2v) is 8.57. The first-order valence-corrected chi connectivity index (χ1v) is 11.6. The van der Waals surface area contributed by atoms with Crippen LogP contribution in [0.2, 0.25) is 5.02 Å². The number of benzene rings is 3. The van der Waals surface area contributed by atoms with E-state index in [0.29, 0.717) is 5.69 Å². The predicted octanol–water partition coefficient (Wildman–Crippen LogP) is 5.35. The number of anilines is 5. The summed E-state index contributed by atoms with van der Waals surface area (Å²) in [7, 11) is 0. The third-order valence-corrected chi connectivity index (χ3v) is 6.46. The van der Waals surface area contributed by atoms with Crippen molar-refractivity contribution in [2.24, 2.45) is 0 Å². The molecule has 6 nitrogen and oxygen atoms in total. The van der Waals surface area contributed by atoms with Crippen molar-refractivity contribution in [2.45, 2.75) is 6.92 Å². The molecule has 1 aromatic heterocycles. The molecule has 0 saturated carbocycles. The van der Waals surface area contributed by atoms with E-state index in [2.05, 4.69) is 80.1 Å². The molecule has 2 heterocycles. The van der Waals surface area contributed by atoms with Gasteiger partial charge in [0.15, 0.2) is 11.6 Å². The summed E-state index contributed by atoms with van der Waals surface area (Å²) in [4.78, 5) is 15.9. The summed E-state index contributed by atoms with van der Waals surface area (Å²) in [6.07, 6.45) is 1.62. The number of aromatic nitrogens is 2. The maximum Gasteiger partial charge on any atom is 0.161 e. The Bertz CT molecular complexity index is 1260. The van der Waals surface area contributed by atoms with Gasteiger partial charge >= 0.3 is 0 Å². The summed E-state index contributed by atoms with van der Waals surface area (Å²) in [5.74, 6) is 1.54. The molecule has 0 radical (unpaired) electrons. The Labute approximate surface area is 199 Å². The van der Waals surface area contributed by atoms with Crippen LogP contribution in [0.25, 0.3) is 10.8 Å². The molecule has 1 fully saturated rings. The number of piperazine rings is 1. The first kappa shape index (κ1) is 21.3. The Balaban J connectivity index is 1.42. The molecule has 2 N–H and O–H groups in total. The molecule has 3 aromatic carbocycles. The summed E-state index contributed by atoms with van der Waals surface area (Å²) in [6.45, 7) is 6.27. The highest BCUT2D eigenvalue weighted by Crippen LogP contribution is 2.37. The largest absolute Gasteiger partial charge is 0.393 e. The van der Waals surface area contributed by atoms with Crippen molar-refractivity contribution in [1.29, 1.82) is 0 Å². The van der Waals surface area contributed by atoms with Gasteiger partial charge in [-0.05, 0) is 36.6 Å². The maximum atomic E-state index is 6.70. The molecule has 4 aromatic rings. The number of hydrogen-bond donors (Lipinski definition) is 1. The van der Waals surface area contributed by atoms with Crippen LogP contribution in [0.4, 0.5) is 28.7 Å². The third-order valence-electron chi connectivity index (χ3n) is 6.22. The highest BCUT2D eigenvalue weighted by atomic mass is 35.5. The van der Waals surface area contributed by atoms with Gasteiger partial charge in [-0.2, -0.15) is 0 Å². The molecule has 33 heavy (non-hydrogen) atoms. The Morgan fingerprint density at radius 3 is 2.42 bits per heavy atom. The van der Waals surface area contributed by atoms with E-state index in [1.165, 1.54) is 10.8 Å². The van der Waals surface area contributed by atoms with Crippen molar-refractivity contribution < 1.29 is 0 Å². The summed E-state index contributed by atoms with van der Waals surface area (Å²) in [5.41, 5.74) is 9.55. The monoisotopic (exact) mass is 458 g/mol. The Morgan fingerprint density at radius 1 is 0.909 bits per heavy atom. The Morgan fingerprint density at radius 2 is 1.64 bits per heavy atom. The lowest BCUT2D eigenvalue weighted by atomic mass is 10.1. The van der Waals surface area contributed by atoms with Gasteiger partial charge in [-0.15, -0.1) is 0 Å². The molecule has 0 aliphatic carbocycles. The number of nitrogens with two attached hydrogens (primary N) is 1. The van der Waals surface area contributed by atoms with E-state index in [0.717, 1.165) is 60.8 Å². The zero-order valence-corrected chi connectivity index (χ0v) is 19.4. The van der Waals surface area contributed by atoms with Gasteiger partial charge < -0.3 is 20.4 Å². The fourth-order valence-corrected chi connectivity index (χ4v) is 4.76. The van der Waals surface area contributed by atoms with E-state index in [9.17, 15) is 0 Å². The van der Waals surface area contributed by atoms with Gasteiger partial charge in [0.2, 0.25) is 0 Å². The van der Waals surface area contributed by atoms with Crippen LogP contribution < -0.4 is 20.4 Å². The van der Waals surface area contributed by atoms with Crippen molar-refractivity contribution in [1.82, 2.24) is 9.97 Å². The molecule has 1 saturated heterocycles. The zero-order valence-electron chi connectivity index (χ0n) is 18.7. The quantitative estimate of drug-likeness (QED) is 0.435. The van der Waals surface area contributed by atoms with Crippen LogP contribution in [-0.2, 0) is 0 Å². The molecular formula is C26H27ClN6. The molecule has 7 heteroatoms. The molecule has 0 atom stereocenters. The predicted molar refractivity (Wildman–Crippen MR) is 139 cm³/mol. The molecule has 0 bridgehead atoms. The van der Waals surface area contributed by atoms with Gasteiger partial charge in [0.1, 0.15) is 12.0 Å². The lowest BCUT2D eigenvalue weighted by Crippen LogP contribution is -2.47. The number of hydrogen-bond acceptors (Lipinski definition) is 6. The molecule has 1 aliphatic rings. The van der Waals surface area contributed by atoms with Crippen molar-refractivity contribution >= 4 is 51.1 Å². The lowest BCUT2D eigenvalue weighted by Gasteiger charge is -2.37. The van der Waals surface area contributed by atoms with Gasteiger partial charge in [-0.25, -0.2) is 9.97 Å². The average Bonchev–Trinajstić information content (AvgIpc) is 2.86. The molecule has 1 aliphatic heterocycles. The standard InChI is InChI=1S/C26H27ClN6/c1-2-33(23-12-5-8-19-7-3-4-11-22(19)23)26-24(28)25(29-18-30-26)32-15-13-31(14-16-32)21-10-6-9-20(27)17-21/h3-12,17-18H,2,13-16,28H2,1H3. The van der Waals surface area contributed by atoms with Crippen LogP contribution in [0.5, 0.6) is 0 Å². The summed E-state index contributed by atoms with van der Waals surface area (Å²) < 4.78 is 0. The van der Waals surface area contributed by atoms with Gasteiger partial charge in [-0.1, -0.05) is 54.1 Å².